The third kappa shape index (κ3) is 4.49. The van der Waals surface area contributed by atoms with E-state index in [4.69, 9.17) is 5.73 Å². The van der Waals surface area contributed by atoms with Crippen LogP contribution in [0.5, 0.6) is 0 Å². The molecule has 1 atom stereocenters. The summed E-state index contributed by atoms with van der Waals surface area (Å²) in [7, 11) is 0. The van der Waals surface area contributed by atoms with E-state index in [1.165, 1.54) is 5.56 Å². The lowest BCUT2D eigenvalue weighted by Crippen LogP contribution is -2.45. The van der Waals surface area contributed by atoms with Crippen molar-refractivity contribution in [1.29, 1.82) is 0 Å². The molecule has 144 valence electrons. The van der Waals surface area contributed by atoms with Crippen LogP contribution < -0.4 is 16.0 Å². The van der Waals surface area contributed by atoms with Crippen LogP contribution in [0, 0.1) is 5.41 Å². The maximum atomic E-state index is 12.9. The van der Waals surface area contributed by atoms with Crippen molar-refractivity contribution in [2.45, 2.75) is 33.2 Å². The molecule has 0 aliphatic carbocycles. The van der Waals surface area contributed by atoms with E-state index in [2.05, 4.69) is 5.32 Å². The number of hydrogen-bond donors (Lipinski definition) is 2. The van der Waals surface area contributed by atoms with Gasteiger partial charge in [0, 0.05) is 23.5 Å². The average molecular weight is 388 g/mol. The minimum absolute atomic E-state index is 0. The fourth-order valence-corrected chi connectivity index (χ4v) is 3.05. The van der Waals surface area contributed by atoms with E-state index < -0.39 is 6.04 Å². The summed E-state index contributed by atoms with van der Waals surface area (Å²) in [4.78, 5) is 27.0. The van der Waals surface area contributed by atoms with Crippen LogP contribution in [0.2, 0.25) is 0 Å². The lowest BCUT2D eigenvalue weighted by molar-refractivity contribution is -0.119. The first kappa shape index (κ1) is 20.9. The molecule has 0 saturated carbocycles. The molecule has 1 heterocycles. The largest absolute Gasteiger partial charge is 0.325 e. The molecule has 3 rings (SSSR count). The lowest BCUT2D eigenvalue weighted by Gasteiger charge is -2.26. The molecule has 0 unspecified atom stereocenters. The van der Waals surface area contributed by atoms with Gasteiger partial charge in [-0.1, -0.05) is 45.0 Å². The number of para-hydroxylation sites is 1. The number of amides is 2. The van der Waals surface area contributed by atoms with E-state index >= 15 is 0 Å². The van der Waals surface area contributed by atoms with Crippen molar-refractivity contribution in [3.8, 4) is 0 Å². The predicted molar refractivity (Wildman–Crippen MR) is 112 cm³/mol. The Morgan fingerprint density at radius 2 is 1.81 bits per heavy atom. The Hall–Kier alpha value is -2.37. The second-order valence-corrected chi connectivity index (χ2v) is 7.75. The Morgan fingerprint density at radius 3 is 2.52 bits per heavy atom. The summed E-state index contributed by atoms with van der Waals surface area (Å²) < 4.78 is 0. The Balaban J connectivity index is 0.00000261. The lowest BCUT2D eigenvalue weighted by atomic mass is 9.87. The molecule has 0 bridgehead atoms. The van der Waals surface area contributed by atoms with Crippen molar-refractivity contribution >= 4 is 35.6 Å². The summed E-state index contributed by atoms with van der Waals surface area (Å²) in [5.74, 6) is -0.320. The molecule has 2 amide bonds. The smallest absolute Gasteiger partial charge is 0.258 e. The Labute approximate surface area is 166 Å². The highest BCUT2D eigenvalue weighted by Crippen LogP contribution is 2.29. The first-order valence-corrected chi connectivity index (χ1v) is 8.83. The van der Waals surface area contributed by atoms with Gasteiger partial charge < -0.3 is 16.0 Å². The summed E-state index contributed by atoms with van der Waals surface area (Å²) in [6.45, 7) is 6.43. The standard InChI is InChI=1S/C21H25N3O2.ClH/c1-21(2,3)18(22)19(25)23-16-9-6-8-15(13-16)20(26)24-12-11-14-7-4-5-10-17(14)24;/h4-10,13,18H,11-12,22H2,1-3H3,(H,23,25);1H/t18-;/m1./s1. The first-order chi connectivity index (χ1) is 12.3. The Morgan fingerprint density at radius 1 is 1.11 bits per heavy atom. The number of nitrogens with one attached hydrogen (secondary N) is 1. The van der Waals surface area contributed by atoms with Crippen LogP contribution in [0.3, 0.4) is 0 Å². The van der Waals surface area contributed by atoms with Crippen LogP contribution in [0.1, 0.15) is 36.7 Å². The zero-order valence-electron chi connectivity index (χ0n) is 15.9. The number of halogens is 1. The van der Waals surface area contributed by atoms with Gasteiger partial charge in [-0.2, -0.15) is 0 Å². The normalized spacial score (nSPS) is 14.1. The number of hydrogen-bond acceptors (Lipinski definition) is 3. The van der Waals surface area contributed by atoms with Gasteiger partial charge in [-0.25, -0.2) is 0 Å². The van der Waals surface area contributed by atoms with Crippen molar-refractivity contribution in [2.24, 2.45) is 11.1 Å². The van der Waals surface area contributed by atoms with E-state index in [0.717, 1.165) is 12.1 Å². The van der Waals surface area contributed by atoms with Gasteiger partial charge in [-0.15, -0.1) is 12.4 Å². The van der Waals surface area contributed by atoms with Gasteiger partial charge in [0.1, 0.15) is 0 Å². The first-order valence-electron chi connectivity index (χ1n) is 8.83. The van der Waals surface area contributed by atoms with Gasteiger partial charge in [0.2, 0.25) is 5.91 Å². The topological polar surface area (TPSA) is 75.4 Å². The molecule has 6 heteroatoms. The molecule has 2 aromatic rings. The number of fused-ring (bicyclic) bond motifs is 1. The molecule has 1 aliphatic rings. The van der Waals surface area contributed by atoms with E-state index in [1.54, 1.807) is 29.2 Å². The molecule has 2 aromatic carbocycles. The summed E-state index contributed by atoms with van der Waals surface area (Å²) in [6, 6.07) is 14.3. The number of carbonyl (C=O) groups excluding carboxylic acids is 2. The van der Waals surface area contributed by atoms with Crippen molar-refractivity contribution in [3.63, 3.8) is 0 Å². The van der Waals surface area contributed by atoms with Crippen molar-refractivity contribution in [1.82, 2.24) is 0 Å². The number of carbonyl (C=O) groups is 2. The van der Waals surface area contributed by atoms with E-state index in [-0.39, 0.29) is 29.6 Å². The molecule has 1 aliphatic heterocycles. The second kappa shape index (κ2) is 8.11. The summed E-state index contributed by atoms with van der Waals surface area (Å²) in [5.41, 5.74) is 8.93. The fourth-order valence-electron chi connectivity index (χ4n) is 3.05. The minimum Gasteiger partial charge on any atom is -0.325 e. The maximum Gasteiger partial charge on any atom is 0.258 e. The molecule has 0 aromatic heterocycles. The zero-order chi connectivity index (χ0) is 18.9. The molecule has 0 fully saturated rings. The average Bonchev–Trinajstić information content (AvgIpc) is 3.04. The number of nitrogens with zero attached hydrogens (tertiary/aromatic N) is 1. The second-order valence-electron chi connectivity index (χ2n) is 7.75. The van der Waals surface area contributed by atoms with Crippen LogP contribution in [0.25, 0.3) is 0 Å². The molecule has 0 spiro atoms. The highest BCUT2D eigenvalue weighted by Gasteiger charge is 2.28. The van der Waals surface area contributed by atoms with Crippen LogP contribution in [-0.2, 0) is 11.2 Å². The predicted octanol–water partition coefficient (Wildman–Crippen LogP) is 3.62. The monoisotopic (exact) mass is 387 g/mol. The minimum atomic E-state index is -0.632. The number of anilines is 2. The van der Waals surface area contributed by atoms with Crippen LogP contribution in [0.15, 0.2) is 48.5 Å². The van der Waals surface area contributed by atoms with E-state index in [9.17, 15) is 9.59 Å². The molecule has 0 radical (unpaired) electrons. The SMILES string of the molecule is CC(C)(C)[C@H](N)C(=O)Nc1cccc(C(=O)N2CCc3ccccc32)c1.Cl. The van der Waals surface area contributed by atoms with Gasteiger partial charge in [0.05, 0.1) is 6.04 Å². The van der Waals surface area contributed by atoms with Gasteiger partial charge in [0.25, 0.3) is 5.91 Å². The van der Waals surface area contributed by atoms with Crippen molar-refractivity contribution in [2.75, 3.05) is 16.8 Å². The number of benzene rings is 2. The van der Waals surface area contributed by atoms with E-state index in [0.29, 0.717) is 17.8 Å². The highest BCUT2D eigenvalue weighted by molar-refractivity contribution is 6.08. The third-order valence-corrected chi connectivity index (χ3v) is 4.72. The van der Waals surface area contributed by atoms with Gasteiger partial charge in [-0.3, -0.25) is 9.59 Å². The molecule has 27 heavy (non-hydrogen) atoms. The van der Waals surface area contributed by atoms with E-state index in [1.807, 2.05) is 45.0 Å². The van der Waals surface area contributed by atoms with Gasteiger partial charge >= 0.3 is 0 Å². The summed E-state index contributed by atoms with van der Waals surface area (Å²) in [6.07, 6.45) is 0.860. The number of nitrogens with two attached hydrogens (primary N) is 1. The third-order valence-electron chi connectivity index (χ3n) is 4.72. The van der Waals surface area contributed by atoms with Crippen LogP contribution in [0.4, 0.5) is 11.4 Å². The Bertz CT molecular complexity index is 845. The molecular formula is C21H26ClN3O2. The summed E-state index contributed by atoms with van der Waals surface area (Å²) in [5, 5.41) is 2.82. The highest BCUT2D eigenvalue weighted by atomic mass is 35.5. The van der Waals surface area contributed by atoms with Gasteiger partial charge in [-0.05, 0) is 41.7 Å². The molecule has 3 N–H and O–H groups in total. The quantitative estimate of drug-likeness (QED) is 0.844. The maximum absolute atomic E-state index is 12.9. The zero-order valence-corrected chi connectivity index (χ0v) is 16.7. The summed E-state index contributed by atoms with van der Waals surface area (Å²) >= 11 is 0. The number of rotatable bonds is 3. The Kier molecular flexibility index (Phi) is 6.29. The van der Waals surface area contributed by atoms with Crippen LogP contribution >= 0.6 is 12.4 Å². The van der Waals surface area contributed by atoms with Crippen molar-refractivity contribution in [3.05, 3.63) is 59.7 Å². The molecule has 0 saturated heterocycles. The van der Waals surface area contributed by atoms with Crippen LogP contribution in [-0.4, -0.2) is 24.4 Å². The van der Waals surface area contributed by atoms with Crippen molar-refractivity contribution < 1.29 is 9.59 Å². The van der Waals surface area contributed by atoms with Gasteiger partial charge in [0.15, 0.2) is 0 Å². The molecular weight excluding hydrogens is 362 g/mol. The fraction of sp³-hybridized carbons (Fsp3) is 0.333. The molecule has 5 nitrogen and oxygen atoms in total.